The lowest BCUT2D eigenvalue weighted by atomic mass is 10.0. The fourth-order valence-corrected chi connectivity index (χ4v) is 2.62. The highest BCUT2D eigenvalue weighted by Gasteiger charge is 2.14. The van der Waals surface area contributed by atoms with E-state index in [1.165, 1.54) is 49.7 Å². The Morgan fingerprint density at radius 1 is 0.700 bits per heavy atom. The van der Waals surface area contributed by atoms with Crippen LogP contribution < -0.4 is 0 Å². The van der Waals surface area contributed by atoms with Crippen LogP contribution in [0, 0.1) is 0 Å². The van der Waals surface area contributed by atoms with Crippen LogP contribution in [0.25, 0.3) is 11.1 Å². The van der Waals surface area contributed by atoms with Crippen molar-refractivity contribution in [3.8, 4) is 11.1 Å². The van der Waals surface area contributed by atoms with Gasteiger partial charge in [0.1, 0.15) is 11.5 Å². The van der Waals surface area contributed by atoms with Crippen LogP contribution in [0.15, 0.2) is 33.5 Å². The van der Waals surface area contributed by atoms with Crippen LogP contribution in [0.2, 0.25) is 0 Å². The van der Waals surface area contributed by atoms with Crippen LogP contribution in [0.3, 0.4) is 0 Å². The summed E-state index contributed by atoms with van der Waals surface area (Å²) >= 11 is 0. The van der Waals surface area contributed by atoms with Crippen molar-refractivity contribution in [2.45, 2.75) is 65.2 Å². The van der Waals surface area contributed by atoms with E-state index in [0.717, 1.165) is 24.4 Å². The third kappa shape index (κ3) is 3.78. The minimum atomic E-state index is 1.02. The van der Waals surface area contributed by atoms with Crippen molar-refractivity contribution in [1.29, 1.82) is 0 Å². The Kier molecular flexibility index (Phi) is 5.97. The Bertz CT molecular complexity index is 447. The van der Waals surface area contributed by atoms with Crippen LogP contribution in [0.5, 0.6) is 0 Å². The van der Waals surface area contributed by atoms with Gasteiger partial charge in [-0.05, 0) is 25.0 Å². The van der Waals surface area contributed by atoms with E-state index >= 15 is 0 Å². The minimum absolute atomic E-state index is 1.02. The number of hydrogen-bond acceptors (Lipinski definition) is 2. The molecule has 2 aromatic heterocycles. The first-order valence-electron chi connectivity index (χ1n) is 7.99. The predicted molar refractivity (Wildman–Crippen MR) is 82.9 cm³/mol. The van der Waals surface area contributed by atoms with Crippen molar-refractivity contribution >= 4 is 0 Å². The van der Waals surface area contributed by atoms with Gasteiger partial charge in [0.25, 0.3) is 0 Å². The molecule has 110 valence electrons. The second-order valence-corrected chi connectivity index (χ2v) is 5.43. The van der Waals surface area contributed by atoms with E-state index in [2.05, 4.69) is 26.0 Å². The highest BCUT2D eigenvalue weighted by Crippen LogP contribution is 2.31. The van der Waals surface area contributed by atoms with Crippen LogP contribution in [-0.4, -0.2) is 0 Å². The normalized spacial score (nSPS) is 11.1. The zero-order valence-electron chi connectivity index (χ0n) is 12.8. The van der Waals surface area contributed by atoms with Crippen molar-refractivity contribution in [2.75, 3.05) is 0 Å². The van der Waals surface area contributed by atoms with Gasteiger partial charge in [0.2, 0.25) is 0 Å². The molecule has 0 radical (unpaired) electrons. The van der Waals surface area contributed by atoms with E-state index in [9.17, 15) is 0 Å². The van der Waals surface area contributed by atoms with Crippen molar-refractivity contribution in [2.24, 2.45) is 0 Å². The largest absolute Gasteiger partial charge is 0.469 e. The highest BCUT2D eigenvalue weighted by atomic mass is 16.3. The smallest absolute Gasteiger partial charge is 0.111 e. The summed E-state index contributed by atoms with van der Waals surface area (Å²) < 4.78 is 11.3. The van der Waals surface area contributed by atoms with E-state index in [0.29, 0.717) is 0 Å². The maximum absolute atomic E-state index is 5.67. The van der Waals surface area contributed by atoms with Crippen LogP contribution >= 0.6 is 0 Å². The highest BCUT2D eigenvalue weighted by molar-refractivity contribution is 5.67. The predicted octanol–water partition coefficient (Wildman–Crippen LogP) is 6.01. The number of unbranched alkanes of at least 4 members (excludes halogenated alkanes) is 4. The Labute approximate surface area is 122 Å². The standard InChI is InChI=1S/C18H26O2/c1-3-5-7-9-17-15(11-13-19-17)16-12-14-20-18(16)10-8-6-4-2/h11-14H,3-10H2,1-2H3. The number of rotatable bonds is 9. The van der Waals surface area contributed by atoms with Gasteiger partial charge in [0.05, 0.1) is 12.5 Å². The summed E-state index contributed by atoms with van der Waals surface area (Å²) in [5, 5.41) is 0. The fourth-order valence-electron chi connectivity index (χ4n) is 2.62. The molecule has 0 N–H and O–H groups in total. The number of hydrogen-bond donors (Lipinski definition) is 0. The molecule has 2 rings (SSSR count). The molecule has 0 bridgehead atoms. The topological polar surface area (TPSA) is 26.3 Å². The Hall–Kier alpha value is -1.44. The molecular weight excluding hydrogens is 248 g/mol. The zero-order chi connectivity index (χ0) is 14.2. The van der Waals surface area contributed by atoms with E-state index in [1.54, 1.807) is 12.5 Å². The van der Waals surface area contributed by atoms with Crippen LogP contribution in [0.4, 0.5) is 0 Å². The van der Waals surface area contributed by atoms with Crippen LogP contribution in [-0.2, 0) is 12.8 Å². The zero-order valence-corrected chi connectivity index (χ0v) is 12.8. The first-order chi connectivity index (χ1) is 9.86. The second-order valence-electron chi connectivity index (χ2n) is 5.43. The molecule has 0 amide bonds. The molecule has 0 fully saturated rings. The second kappa shape index (κ2) is 7.98. The van der Waals surface area contributed by atoms with Crippen molar-refractivity contribution in [3.63, 3.8) is 0 Å². The van der Waals surface area contributed by atoms with E-state index in [4.69, 9.17) is 8.83 Å². The SMILES string of the molecule is CCCCCc1occc1-c1ccoc1CCCCC. The third-order valence-corrected chi connectivity index (χ3v) is 3.80. The van der Waals surface area contributed by atoms with Crippen molar-refractivity contribution in [3.05, 3.63) is 36.2 Å². The Morgan fingerprint density at radius 3 is 1.55 bits per heavy atom. The Balaban J connectivity index is 2.07. The maximum atomic E-state index is 5.67. The van der Waals surface area contributed by atoms with Crippen molar-refractivity contribution in [1.82, 2.24) is 0 Å². The first kappa shape index (κ1) is 15.0. The summed E-state index contributed by atoms with van der Waals surface area (Å²) in [6.07, 6.45) is 13.0. The van der Waals surface area contributed by atoms with Crippen molar-refractivity contribution < 1.29 is 8.83 Å². The van der Waals surface area contributed by atoms with Crippen LogP contribution in [0.1, 0.15) is 63.9 Å². The van der Waals surface area contributed by atoms with E-state index < -0.39 is 0 Å². The molecule has 0 saturated heterocycles. The molecule has 2 aromatic rings. The molecule has 0 aliphatic rings. The average Bonchev–Trinajstić information content (AvgIpc) is 3.08. The number of aryl methyl sites for hydroxylation is 2. The van der Waals surface area contributed by atoms with E-state index in [-0.39, 0.29) is 0 Å². The maximum Gasteiger partial charge on any atom is 0.111 e. The quantitative estimate of drug-likeness (QED) is 0.524. The molecule has 0 aliphatic heterocycles. The van der Waals surface area contributed by atoms with Gasteiger partial charge in [-0.2, -0.15) is 0 Å². The summed E-state index contributed by atoms with van der Waals surface area (Å²) in [5.74, 6) is 2.22. The number of furan rings is 2. The molecule has 2 heterocycles. The summed E-state index contributed by atoms with van der Waals surface area (Å²) in [5.41, 5.74) is 2.45. The van der Waals surface area contributed by atoms with E-state index in [1.807, 2.05) is 0 Å². The minimum Gasteiger partial charge on any atom is -0.469 e. The fraction of sp³-hybridized carbons (Fsp3) is 0.556. The molecule has 0 aliphatic carbocycles. The monoisotopic (exact) mass is 274 g/mol. The third-order valence-electron chi connectivity index (χ3n) is 3.80. The van der Waals surface area contributed by atoms with Gasteiger partial charge >= 0.3 is 0 Å². The molecule has 20 heavy (non-hydrogen) atoms. The van der Waals surface area contributed by atoms with Gasteiger partial charge in [0.15, 0.2) is 0 Å². The summed E-state index contributed by atoms with van der Waals surface area (Å²) in [6, 6.07) is 4.16. The van der Waals surface area contributed by atoms with Gasteiger partial charge in [-0.25, -0.2) is 0 Å². The van der Waals surface area contributed by atoms with Gasteiger partial charge in [0, 0.05) is 24.0 Å². The summed E-state index contributed by atoms with van der Waals surface area (Å²) in [6.45, 7) is 4.45. The lowest BCUT2D eigenvalue weighted by Gasteiger charge is -2.04. The molecule has 2 heteroatoms. The summed E-state index contributed by atoms with van der Waals surface area (Å²) in [4.78, 5) is 0. The molecule has 0 saturated carbocycles. The molecule has 0 spiro atoms. The molecule has 2 nitrogen and oxygen atoms in total. The average molecular weight is 274 g/mol. The first-order valence-corrected chi connectivity index (χ1v) is 7.99. The van der Waals surface area contributed by atoms with Gasteiger partial charge < -0.3 is 8.83 Å². The summed E-state index contributed by atoms with van der Waals surface area (Å²) in [7, 11) is 0. The Morgan fingerprint density at radius 2 is 1.15 bits per heavy atom. The molecule has 0 atom stereocenters. The lowest BCUT2D eigenvalue weighted by molar-refractivity contribution is 0.493. The van der Waals surface area contributed by atoms with Gasteiger partial charge in [-0.3, -0.25) is 0 Å². The van der Waals surface area contributed by atoms with Gasteiger partial charge in [-0.1, -0.05) is 39.5 Å². The molecule has 0 aromatic carbocycles. The molecular formula is C18H26O2. The lowest BCUT2D eigenvalue weighted by Crippen LogP contribution is -1.90. The van der Waals surface area contributed by atoms with Gasteiger partial charge in [-0.15, -0.1) is 0 Å². The molecule has 0 unspecified atom stereocenters.